The number of methoxy groups -OCH3 is 1. The molecule has 4 rings (SSSR count). The van der Waals surface area contributed by atoms with Gasteiger partial charge in [0.25, 0.3) is 0 Å². The number of aromatic nitrogens is 4. The number of amides is 1. The predicted molar refractivity (Wildman–Crippen MR) is 87.0 cm³/mol. The molecule has 1 aliphatic rings. The first-order valence-corrected chi connectivity index (χ1v) is 7.54. The molecule has 0 radical (unpaired) electrons. The average Bonchev–Trinajstić information content (AvgIpc) is 3.32. The first-order valence-electron chi connectivity index (χ1n) is 7.54. The maximum absolute atomic E-state index is 10.6. The first-order chi connectivity index (χ1) is 11.8. The van der Waals surface area contributed by atoms with Gasteiger partial charge in [0.15, 0.2) is 0 Å². The lowest BCUT2D eigenvalue weighted by atomic mass is 10.1. The fourth-order valence-electron chi connectivity index (χ4n) is 2.52. The summed E-state index contributed by atoms with van der Waals surface area (Å²) in [4.78, 5) is 26.5. The summed E-state index contributed by atoms with van der Waals surface area (Å²) in [7, 11) is 1.56. The summed E-state index contributed by atoms with van der Waals surface area (Å²) in [5.74, 6) is 1.41. The van der Waals surface area contributed by atoms with Gasteiger partial charge < -0.3 is 19.8 Å². The molecular weight excluding hydrogens is 310 g/mol. The second-order valence-corrected chi connectivity index (χ2v) is 5.44. The molecular formula is C16H15N5O3. The van der Waals surface area contributed by atoms with E-state index in [9.17, 15) is 4.79 Å². The van der Waals surface area contributed by atoms with Crippen molar-refractivity contribution in [1.82, 2.24) is 19.9 Å². The summed E-state index contributed by atoms with van der Waals surface area (Å²) < 4.78 is 11.3. The maximum atomic E-state index is 10.6. The van der Waals surface area contributed by atoms with Gasteiger partial charge in [0.05, 0.1) is 7.11 Å². The van der Waals surface area contributed by atoms with E-state index < -0.39 is 0 Å². The van der Waals surface area contributed by atoms with E-state index >= 15 is 0 Å². The summed E-state index contributed by atoms with van der Waals surface area (Å²) in [6, 6.07) is 3.60. The molecule has 8 nitrogen and oxygen atoms in total. The molecule has 122 valence electrons. The molecule has 1 amide bonds. The predicted octanol–water partition coefficient (Wildman–Crippen LogP) is 2.14. The fraction of sp³-hybridized carbons (Fsp3) is 0.250. The van der Waals surface area contributed by atoms with Gasteiger partial charge in [-0.1, -0.05) is 0 Å². The van der Waals surface area contributed by atoms with Gasteiger partial charge in [0, 0.05) is 17.1 Å². The van der Waals surface area contributed by atoms with E-state index in [0.29, 0.717) is 35.2 Å². The Bertz CT molecular complexity index is 904. The van der Waals surface area contributed by atoms with Crippen molar-refractivity contribution in [1.29, 1.82) is 0 Å². The van der Waals surface area contributed by atoms with Crippen LogP contribution in [-0.4, -0.2) is 39.6 Å². The SMILES string of the molecule is COc1ncnc(OC2CC2)c1-c1c[nH]c2nc(NC=O)ccc12. The van der Waals surface area contributed by atoms with Crippen molar-refractivity contribution in [3.8, 4) is 22.9 Å². The van der Waals surface area contributed by atoms with Crippen molar-refractivity contribution < 1.29 is 14.3 Å². The van der Waals surface area contributed by atoms with Gasteiger partial charge in [-0.2, -0.15) is 0 Å². The minimum Gasteiger partial charge on any atom is -0.480 e. The van der Waals surface area contributed by atoms with Crippen LogP contribution in [0.1, 0.15) is 12.8 Å². The summed E-state index contributed by atoms with van der Waals surface area (Å²) in [5, 5.41) is 3.39. The molecule has 1 fully saturated rings. The Morgan fingerprint density at radius 3 is 2.88 bits per heavy atom. The lowest BCUT2D eigenvalue weighted by Gasteiger charge is -2.12. The zero-order chi connectivity index (χ0) is 16.5. The van der Waals surface area contributed by atoms with Crippen LogP contribution in [0.5, 0.6) is 11.8 Å². The molecule has 0 aromatic carbocycles. The van der Waals surface area contributed by atoms with E-state index in [1.165, 1.54) is 6.33 Å². The van der Waals surface area contributed by atoms with Crippen molar-refractivity contribution in [3.63, 3.8) is 0 Å². The highest BCUT2D eigenvalue weighted by Crippen LogP contribution is 2.41. The molecule has 1 saturated carbocycles. The summed E-state index contributed by atoms with van der Waals surface area (Å²) in [6.45, 7) is 0. The number of aromatic amines is 1. The number of hydrogen-bond acceptors (Lipinski definition) is 6. The molecule has 24 heavy (non-hydrogen) atoms. The van der Waals surface area contributed by atoms with E-state index in [1.54, 1.807) is 13.2 Å². The zero-order valence-corrected chi connectivity index (χ0v) is 12.9. The van der Waals surface area contributed by atoms with Crippen LogP contribution in [0.15, 0.2) is 24.7 Å². The largest absolute Gasteiger partial charge is 0.480 e. The smallest absolute Gasteiger partial charge is 0.228 e. The fourth-order valence-corrected chi connectivity index (χ4v) is 2.52. The van der Waals surface area contributed by atoms with Gasteiger partial charge in [0.2, 0.25) is 18.2 Å². The monoisotopic (exact) mass is 325 g/mol. The lowest BCUT2D eigenvalue weighted by Crippen LogP contribution is -2.03. The zero-order valence-electron chi connectivity index (χ0n) is 12.9. The number of ether oxygens (including phenoxy) is 2. The molecule has 0 atom stereocenters. The number of H-pyrrole nitrogens is 1. The van der Waals surface area contributed by atoms with E-state index in [2.05, 4.69) is 25.3 Å². The third-order valence-electron chi connectivity index (χ3n) is 3.79. The Morgan fingerprint density at radius 2 is 2.12 bits per heavy atom. The van der Waals surface area contributed by atoms with Crippen LogP contribution in [0.25, 0.3) is 22.2 Å². The molecule has 0 aliphatic heterocycles. The lowest BCUT2D eigenvalue weighted by molar-refractivity contribution is -0.105. The minimum absolute atomic E-state index is 0.204. The van der Waals surface area contributed by atoms with Crippen molar-refractivity contribution in [3.05, 3.63) is 24.7 Å². The second kappa shape index (κ2) is 5.80. The van der Waals surface area contributed by atoms with E-state index in [0.717, 1.165) is 23.8 Å². The maximum Gasteiger partial charge on any atom is 0.228 e. The van der Waals surface area contributed by atoms with Crippen LogP contribution in [0.4, 0.5) is 5.82 Å². The molecule has 1 aliphatic carbocycles. The number of pyridine rings is 1. The molecule has 0 unspecified atom stereocenters. The highest BCUT2D eigenvalue weighted by molar-refractivity contribution is 5.97. The highest BCUT2D eigenvalue weighted by atomic mass is 16.5. The van der Waals surface area contributed by atoms with Crippen LogP contribution >= 0.6 is 0 Å². The molecule has 3 heterocycles. The van der Waals surface area contributed by atoms with Crippen LogP contribution in [0.2, 0.25) is 0 Å². The molecule has 0 bridgehead atoms. The number of carbonyl (C=O) groups excluding carboxylic acids is 1. The van der Waals surface area contributed by atoms with Gasteiger partial charge in [-0.05, 0) is 25.0 Å². The third-order valence-corrected chi connectivity index (χ3v) is 3.79. The average molecular weight is 325 g/mol. The Hall–Kier alpha value is -3.16. The summed E-state index contributed by atoms with van der Waals surface area (Å²) in [6.07, 6.45) is 6.09. The number of rotatable bonds is 6. The van der Waals surface area contributed by atoms with Gasteiger partial charge >= 0.3 is 0 Å². The number of carbonyl (C=O) groups is 1. The number of hydrogen-bond donors (Lipinski definition) is 2. The molecule has 3 aromatic rings. The first kappa shape index (κ1) is 14.4. The summed E-state index contributed by atoms with van der Waals surface area (Å²) in [5.41, 5.74) is 2.17. The van der Waals surface area contributed by atoms with Crippen molar-refractivity contribution in [2.75, 3.05) is 12.4 Å². The Labute approximate surface area is 137 Å². The van der Waals surface area contributed by atoms with E-state index in [-0.39, 0.29) is 6.10 Å². The van der Waals surface area contributed by atoms with Gasteiger partial charge in [-0.3, -0.25) is 4.79 Å². The molecule has 2 N–H and O–H groups in total. The van der Waals surface area contributed by atoms with Crippen molar-refractivity contribution in [2.45, 2.75) is 18.9 Å². The topological polar surface area (TPSA) is 102 Å². The van der Waals surface area contributed by atoms with Crippen molar-refractivity contribution >= 4 is 23.3 Å². The Balaban J connectivity index is 1.85. The molecule has 0 saturated heterocycles. The number of nitrogens with one attached hydrogen (secondary N) is 2. The van der Waals surface area contributed by atoms with E-state index in [1.807, 2.05) is 12.3 Å². The van der Waals surface area contributed by atoms with Gasteiger partial charge in [-0.15, -0.1) is 0 Å². The number of nitrogens with zero attached hydrogens (tertiary/aromatic N) is 3. The van der Waals surface area contributed by atoms with E-state index in [4.69, 9.17) is 9.47 Å². The normalized spacial score (nSPS) is 13.7. The van der Waals surface area contributed by atoms with Crippen LogP contribution in [0.3, 0.4) is 0 Å². The Kier molecular flexibility index (Phi) is 3.49. The van der Waals surface area contributed by atoms with Crippen LogP contribution in [0, 0.1) is 0 Å². The Morgan fingerprint density at radius 1 is 1.29 bits per heavy atom. The standard InChI is InChI=1S/C16H15N5O3/c1-23-15-13(16(19-7-18-15)24-9-2-3-9)11-6-17-14-10(11)4-5-12(21-14)20-8-22/h4-9H,2-3H2,1H3,(H2,17,20,21,22). The molecule has 0 spiro atoms. The molecule has 3 aromatic heterocycles. The van der Waals surface area contributed by atoms with Crippen LogP contribution < -0.4 is 14.8 Å². The third kappa shape index (κ3) is 2.51. The number of fused-ring (bicyclic) bond motifs is 1. The van der Waals surface area contributed by atoms with Crippen LogP contribution in [-0.2, 0) is 4.79 Å². The second-order valence-electron chi connectivity index (χ2n) is 5.44. The number of anilines is 1. The van der Waals surface area contributed by atoms with Gasteiger partial charge in [0.1, 0.15) is 29.5 Å². The highest BCUT2D eigenvalue weighted by Gasteiger charge is 2.28. The van der Waals surface area contributed by atoms with Crippen molar-refractivity contribution in [2.24, 2.45) is 0 Å². The van der Waals surface area contributed by atoms with Gasteiger partial charge in [-0.25, -0.2) is 15.0 Å². The quantitative estimate of drug-likeness (QED) is 0.673. The summed E-state index contributed by atoms with van der Waals surface area (Å²) >= 11 is 0. The molecule has 8 heteroatoms. The minimum atomic E-state index is 0.204.